The Kier molecular flexibility index (Phi) is 3.80. The molecule has 3 rings (SSSR count). The summed E-state index contributed by atoms with van der Waals surface area (Å²) < 4.78 is 1.93. The highest BCUT2D eigenvalue weighted by molar-refractivity contribution is 7.80. The van der Waals surface area contributed by atoms with E-state index >= 15 is 0 Å². The van der Waals surface area contributed by atoms with Gasteiger partial charge < -0.3 is 10.3 Å². The fraction of sp³-hybridized carbons (Fsp3) is 0.0714. The molecule has 2 N–H and O–H groups in total. The van der Waals surface area contributed by atoms with E-state index in [1.54, 1.807) is 24.5 Å². The molecule has 0 fully saturated rings. The summed E-state index contributed by atoms with van der Waals surface area (Å²) in [5, 5.41) is 0.931. The summed E-state index contributed by atoms with van der Waals surface area (Å²) >= 11 is 17.2. The van der Waals surface area contributed by atoms with Gasteiger partial charge in [0.25, 0.3) is 0 Å². The van der Waals surface area contributed by atoms with Crippen LogP contribution in [0.25, 0.3) is 22.4 Å². The Morgan fingerprint density at radius 1 is 1.19 bits per heavy atom. The van der Waals surface area contributed by atoms with Gasteiger partial charge in [0.1, 0.15) is 5.82 Å². The minimum Gasteiger partial charge on any atom is -0.392 e. The topological polar surface area (TPSA) is 56.7 Å². The van der Waals surface area contributed by atoms with Gasteiger partial charge in [0, 0.05) is 18.0 Å². The van der Waals surface area contributed by atoms with Crippen molar-refractivity contribution in [1.82, 2.24) is 14.5 Å². The predicted molar refractivity (Wildman–Crippen MR) is 89.8 cm³/mol. The Morgan fingerprint density at radius 3 is 2.52 bits per heavy atom. The molecule has 7 heteroatoms. The Balaban J connectivity index is 2.30. The van der Waals surface area contributed by atoms with Crippen LogP contribution in [-0.4, -0.2) is 19.5 Å². The zero-order chi connectivity index (χ0) is 15.0. The van der Waals surface area contributed by atoms with E-state index in [-0.39, 0.29) is 0 Å². The second-order valence-electron chi connectivity index (χ2n) is 4.48. The van der Waals surface area contributed by atoms with Crippen LogP contribution in [0.4, 0.5) is 0 Å². The average molecular weight is 337 g/mol. The van der Waals surface area contributed by atoms with Gasteiger partial charge in [-0.25, -0.2) is 4.98 Å². The van der Waals surface area contributed by atoms with Crippen LogP contribution in [-0.2, 0) is 6.54 Å². The standard InChI is InChI=1S/C14H10Cl2N4S/c15-9-5-11-12(6-10(9)16)20(7-13(17)21)14(19-11)8-1-3-18-4-2-8/h1-6H,7H2,(H2,17,21). The van der Waals surface area contributed by atoms with E-state index < -0.39 is 0 Å². The summed E-state index contributed by atoms with van der Waals surface area (Å²) in [4.78, 5) is 9.00. The van der Waals surface area contributed by atoms with Gasteiger partial charge in [0.15, 0.2) is 0 Å². The number of nitrogens with zero attached hydrogens (tertiary/aromatic N) is 3. The third-order valence-electron chi connectivity index (χ3n) is 3.04. The molecule has 0 aliphatic heterocycles. The van der Waals surface area contributed by atoms with Crippen LogP contribution in [0.2, 0.25) is 10.0 Å². The summed E-state index contributed by atoms with van der Waals surface area (Å²) in [6, 6.07) is 7.26. The first-order valence-corrected chi connectivity index (χ1v) is 7.26. The minimum absolute atomic E-state index is 0.371. The molecule has 0 atom stereocenters. The molecular formula is C14H10Cl2N4S. The number of halogens is 2. The number of nitrogens with two attached hydrogens (primary N) is 1. The first kappa shape index (κ1) is 14.3. The van der Waals surface area contributed by atoms with Crippen molar-refractivity contribution in [3.63, 3.8) is 0 Å². The Morgan fingerprint density at radius 2 is 1.86 bits per heavy atom. The number of hydrogen-bond acceptors (Lipinski definition) is 3. The molecule has 2 heterocycles. The molecular weight excluding hydrogens is 327 g/mol. The van der Waals surface area contributed by atoms with Gasteiger partial charge in [0.2, 0.25) is 0 Å². The fourth-order valence-electron chi connectivity index (χ4n) is 2.16. The molecule has 0 bridgehead atoms. The Bertz CT molecular complexity index is 830. The molecule has 1 aromatic carbocycles. The molecule has 0 aliphatic rings. The molecule has 0 spiro atoms. The molecule has 3 aromatic rings. The lowest BCUT2D eigenvalue weighted by Crippen LogP contribution is -2.17. The maximum absolute atomic E-state index is 6.10. The Hall–Kier alpha value is -1.69. The highest BCUT2D eigenvalue weighted by Crippen LogP contribution is 2.31. The van der Waals surface area contributed by atoms with E-state index in [0.29, 0.717) is 21.6 Å². The maximum atomic E-state index is 6.10. The number of thiocarbonyl (C=S) groups is 1. The summed E-state index contributed by atoms with van der Waals surface area (Å²) in [5.74, 6) is 0.749. The lowest BCUT2D eigenvalue weighted by atomic mass is 10.2. The lowest BCUT2D eigenvalue weighted by molar-refractivity contribution is 0.895. The van der Waals surface area contributed by atoms with Gasteiger partial charge in [0.05, 0.1) is 32.6 Å². The molecule has 0 unspecified atom stereocenters. The van der Waals surface area contributed by atoms with Crippen molar-refractivity contribution >= 4 is 51.4 Å². The van der Waals surface area contributed by atoms with Crippen LogP contribution in [0.15, 0.2) is 36.7 Å². The van der Waals surface area contributed by atoms with Crippen molar-refractivity contribution in [3.05, 3.63) is 46.7 Å². The van der Waals surface area contributed by atoms with Crippen LogP contribution < -0.4 is 5.73 Å². The van der Waals surface area contributed by atoms with E-state index in [1.807, 2.05) is 16.7 Å². The van der Waals surface area contributed by atoms with Crippen molar-refractivity contribution < 1.29 is 0 Å². The summed E-state index contributed by atoms with van der Waals surface area (Å²) in [6.45, 7) is 0.376. The van der Waals surface area contributed by atoms with Gasteiger partial charge in [-0.2, -0.15) is 0 Å². The zero-order valence-corrected chi connectivity index (χ0v) is 13.1. The van der Waals surface area contributed by atoms with Crippen LogP contribution in [0.5, 0.6) is 0 Å². The number of hydrogen-bond donors (Lipinski definition) is 1. The van der Waals surface area contributed by atoms with Gasteiger partial charge >= 0.3 is 0 Å². The molecule has 21 heavy (non-hydrogen) atoms. The summed E-state index contributed by atoms with van der Waals surface area (Å²) in [5.41, 5.74) is 8.20. The van der Waals surface area contributed by atoms with E-state index in [1.165, 1.54) is 0 Å². The number of aromatic nitrogens is 3. The van der Waals surface area contributed by atoms with Gasteiger partial charge in [-0.15, -0.1) is 0 Å². The second kappa shape index (κ2) is 5.60. The van der Waals surface area contributed by atoms with Crippen molar-refractivity contribution in [2.24, 2.45) is 5.73 Å². The number of pyridine rings is 1. The number of rotatable bonds is 3. The molecule has 2 aromatic heterocycles. The molecule has 0 radical (unpaired) electrons. The van der Waals surface area contributed by atoms with Crippen molar-refractivity contribution in [1.29, 1.82) is 0 Å². The molecule has 0 saturated carbocycles. The predicted octanol–water partition coefficient (Wildman–Crippen LogP) is 3.69. The quantitative estimate of drug-likeness (QED) is 0.741. The SMILES string of the molecule is NC(=S)Cn1c(-c2ccncc2)nc2cc(Cl)c(Cl)cc21. The summed E-state index contributed by atoms with van der Waals surface area (Å²) in [6.07, 6.45) is 3.42. The van der Waals surface area contributed by atoms with Crippen LogP contribution in [0.3, 0.4) is 0 Å². The van der Waals surface area contributed by atoms with Gasteiger partial charge in [-0.1, -0.05) is 35.4 Å². The first-order valence-electron chi connectivity index (χ1n) is 6.10. The highest BCUT2D eigenvalue weighted by atomic mass is 35.5. The Labute approximate surface area is 136 Å². The van der Waals surface area contributed by atoms with E-state index in [4.69, 9.17) is 41.2 Å². The maximum Gasteiger partial charge on any atom is 0.141 e. The van der Waals surface area contributed by atoms with Crippen LogP contribution in [0, 0.1) is 0 Å². The average Bonchev–Trinajstić information content (AvgIpc) is 2.78. The monoisotopic (exact) mass is 336 g/mol. The molecule has 0 saturated heterocycles. The van der Waals surface area contributed by atoms with Gasteiger partial charge in [-0.05, 0) is 24.3 Å². The number of imidazole rings is 1. The fourth-order valence-corrected chi connectivity index (χ4v) is 2.60. The first-order chi connectivity index (χ1) is 10.1. The van der Waals surface area contributed by atoms with Crippen molar-refractivity contribution in [2.75, 3.05) is 0 Å². The third-order valence-corrected chi connectivity index (χ3v) is 3.89. The van der Waals surface area contributed by atoms with E-state index in [2.05, 4.69) is 9.97 Å². The van der Waals surface area contributed by atoms with Crippen molar-refractivity contribution in [2.45, 2.75) is 6.54 Å². The smallest absolute Gasteiger partial charge is 0.141 e. The molecule has 0 aliphatic carbocycles. The number of fused-ring (bicyclic) bond motifs is 1. The van der Waals surface area contributed by atoms with Gasteiger partial charge in [-0.3, -0.25) is 4.98 Å². The molecule has 4 nitrogen and oxygen atoms in total. The van der Waals surface area contributed by atoms with E-state index in [0.717, 1.165) is 22.4 Å². The van der Waals surface area contributed by atoms with Crippen molar-refractivity contribution in [3.8, 4) is 11.4 Å². The molecule has 0 amide bonds. The van der Waals surface area contributed by atoms with E-state index in [9.17, 15) is 0 Å². The van der Waals surface area contributed by atoms with Crippen LogP contribution in [0.1, 0.15) is 0 Å². The number of benzene rings is 1. The normalized spacial score (nSPS) is 11.0. The highest BCUT2D eigenvalue weighted by Gasteiger charge is 2.15. The third kappa shape index (κ3) is 2.72. The lowest BCUT2D eigenvalue weighted by Gasteiger charge is -2.08. The summed E-state index contributed by atoms with van der Waals surface area (Å²) in [7, 11) is 0. The second-order valence-corrected chi connectivity index (χ2v) is 5.82. The zero-order valence-electron chi connectivity index (χ0n) is 10.8. The molecule has 106 valence electrons. The largest absolute Gasteiger partial charge is 0.392 e. The minimum atomic E-state index is 0.371. The van der Waals surface area contributed by atoms with Crippen LogP contribution >= 0.6 is 35.4 Å².